The lowest BCUT2D eigenvalue weighted by Gasteiger charge is -2.30. The van der Waals surface area contributed by atoms with Crippen LogP contribution in [-0.2, 0) is 6.54 Å². The van der Waals surface area contributed by atoms with Gasteiger partial charge in [0.05, 0.1) is 0 Å². The van der Waals surface area contributed by atoms with Crippen LogP contribution in [0.5, 0.6) is 0 Å². The second-order valence-corrected chi connectivity index (χ2v) is 7.66. The molecule has 1 atom stereocenters. The van der Waals surface area contributed by atoms with Crippen molar-refractivity contribution in [1.29, 1.82) is 0 Å². The Kier molecular flexibility index (Phi) is 5.56. The zero-order valence-corrected chi connectivity index (χ0v) is 14.6. The minimum Gasteiger partial charge on any atom is -0.371 e. The lowest BCUT2D eigenvalue weighted by molar-refractivity contribution is 0.220. The van der Waals surface area contributed by atoms with Gasteiger partial charge < -0.3 is 10.2 Å². The van der Waals surface area contributed by atoms with Crippen molar-refractivity contribution in [1.82, 2.24) is 5.32 Å². The molecule has 118 valence electrons. The van der Waals surface area contributed by atoms with Gasteiger partial charge in [0.2, 0.25) is 0 Å². The zero-order valence-electron chi connectivity index (χ0n) is 13.9. The molecule has 1 heterocycles. The average Bonchev–Trinajstić information content (AvgIpc) is 2.66. The third-order valence-electron chi connectivity index (χ3n) is 4.74. The van der Waals surface area contributed by atoms with E-state index in [1.807, 2.05) is 13.1 Å². The van der Waals surface area contributed by atoms with Gasteiger partial charge in [-0.05, 0) is 49.8 Å². The van der Waals surface area contributed by atoms with Gasteiger partial charge in [-0.25, -0.2) is 0 Å². The lowest BCUT2D eigenvalue weighted by Crippen LogP contribution is -2.27. The van der Waals surface area contributed by atoms with Gasteiger partial charge >= 0.3 is 0 Å². The number of halogens is 1. The topological polar surface area (TPSA) is 15.3 Å². The smallest absolute Gasteiger partial charge is 0.0471 e. The van der Waals surface area contributed by atoms with E-state index < -0.39 is 0 Å². The molecule has 0 amide bonds. The third-order valence-corrected chi connectivity index (χ3v) is 5.10. The van der Waals surface area contributed by atoms with E-state index >= 15 is 0 Å². The highest BCUT2D eigenvalue weighted by Gasteiger charge is 2.27. The number of hydrogen-bond donors (Lipinski definition) is 1. The number of rotatable bonds is 3. The number of anilines is 1. The second-order valence-electron chi connectivity index (χ2n) is 7.25. The molecule has 1 unspecified atom stereocenters. The van der Waals surface area contributed by atoms with Gasteiger partial charge in [-0.2, -0.15) is 0 Å². The van der Waals surface area contributed by atoms with Crippen LogP contribution in [-0.4, -0.2) is 20.1 Å². The number of hydrogen-bond acceptors (Lipinski definition) is 2. The molecule has 0 aromatic heterocycles. The van der Waals surface area contributed by atoms with Crippen molar-refractivity contribution in [2.24, 2.45) is 11.3 Å². The first-order valence-electron chi connectivity index (χ1n) is 8.10. The summed E-state index contributed by atoms with van der Waals surface area (Å²) in [6, 6.07) is 6.28. The van der Waals surface area contributed by atoms with Crippen LogP contribution in [0.4, 0.5) is 5.69 Å². The summed E-state index contributed by atoms with van der Waals surface area (Å²) in [4.78, 5) is 2.53. The van der Waals surface area contributed by atoms with Crippen molar-refractivity contribution in [2.75, 3.05) is 25.0 Å². The Hall–Kier alpha value is -0.730. The summed E-state index contributed by atoms with van der Waals surface area (Å²) >= 11 is 6.40. The van der Waals surface area contributed by atoms with Gasteiger partial charge in [-0.1, -0.05) is 38.4 Å². The molecule has 3 heteroatoms. The van der Waals surface area contributed by atoms with Crippen LogP contribution in [0.3, 0.4) is 0 Å². The third kappa shape index (κ3) is 4.14. The van der Waals surface area contributed by atoms with E-state index in [0.29, 0.717) is 5.41 Å². The molecule has 1 N–H and O–H groups in total. The SMILES string of the molecule is CNCc1c(Cl)cccc1N1CCCC(C(C)(C)C)CC1. The monoisotopic (exact) mass is 308 g/mol. The van der Waals surface area contributed by atoms with Crippen molar-refractivity contribution in [3.8, 4) is 0 Å². The van der Waals surface area contributed by atoms with Gasteiger partial charge in [0.15, 0.2) is 0 Å². The predicted molar refractivity (Wildman–Crippen MR) is 93.2 cm³/mol. The van der Waals surface area contributed by atoms with Crippen LogP contribution in [0.15, 0.2) is 18.2 Å². The van der Waals surface area contributed by atoms with E-state index in [0.717, 1.165) is 30.6 Å². The first kappa shape index (κ1) is 16.6. The molecule has 2 nitrogen and oxygen atoms in total. The molecule has 1 aliphatic rings. The Bertz CT molecular complexity index is 465. The van der Waals surface area contributed by atoms with Crippen molar-refractivity contribution in [2.45, 2.75) is 46.6 Å². The second kappa shape index (κ2) is 7.02. The van der Waals surface area contributed by atoms with Crippen molar-refractivity contribution in [3.63, 3.8) is 0 Å². The molecule has 0 aliphatic carbocycles. The minimum absolute atomic E-state index is 0.415. The van der Waals surface area contributed by atoms with E-state index in [2.05, 4.69) is 43.1 Å². The average molecular weight is 309 g/mol. The summed E-state index contributed by atoms with van der Waals surface area (Å²) in [5, 5.41) is 4.12. The summed E-state index contributed by atoms with van der Waals surface area (Å²) in [6.07, 6.45) is 3.88. The first-order valence-corrected chi connectivity index (χ1v) is 8.48. The molecule has 1 saturated heterocycles. The van der Waals surface area contributed by atoms with Crippen LogP contribution < -0.4 is 10.2 Å². The molecular weight excluding hydrogens is 280 g/mol. The maximum Gasteiger partial charge on any atom is 0.0471 e. The zero-order chi connectivity index (χ0) is 15.5. The summed E-state index contributed by atoms with van der Waals surface area (Å²) in [5.41, 5.74) is 2.96. The van der Waals surface area contributed by atoms with Gasteiger partial charge in [0.25, 0.3) is 0 Å². The number of benzene rings is 1. The van der Waals surface area contributed by atoms with Crippen LogP contribution in [0, 0.1) is 11.3 Å². The summed E-state index contributed by atoms with van der Waals surface area (Å²) in [7, 11) is 1.98. The molecule has 0 saturated carbocycles. The van der Waals surface area contributed by atoms with Crippen LogP contribution in [0.25, 0.3) is 0 Å². The van der Waals surface area contributed by atoms with Crippen LogP contribution in [0.2, 0.25) is 5.02 Å². The van der Waals surface area contributed by atoms with Crippen molar-refractivity contribution >= 4 is 17.3 Å². The van der Waals surface area contributed by atoms with E-state index in [1.54, 1.807) is 0 Å². The summed E-state index contributed by atoms with van der Waals surface area (Å²) in [5.74, 6) is 0.814. The Morgan fingerprint density at radius 2 is 2.00 bits per heavy atom. The van der Waals surface area contributed by atoms with Gasteiger partial charge in [-0.3, -0.25) is 0 Å². The van der Waals surface area contributed by atoms with E-state index in [4.69, 9.17) is 11.6 Å². The Morgan fingerprint density at radius 1 is 1.24 bits per heavy atom. The minimum atomic E-state index is 0.415. The fourth-order valence-corrected chi connectivity index (χ4v) is 3.63. The molecule has 0 radical (unpaired) electrons. The van der Waals surface area contributed by atoms with E-state index in [-0.39, 0.29) is 0 Å². The number of nitrogens with zero attached hydrogens (tertiary/aromatic N) is 1. The maximum atomic E-state index is 6.40. The molecule has 1 aromatic carbocycles. The lowest BCUT2D eigenvalue weighted by atomic mass is 9.77. The van der Waals surface area contributed by atoms with Gasteiger partial charge in [0, 0.05) is 35.9 Å². The fourth-order valence-electron chi connectivity index (χ4n) is 3.40. The first-order chi connectivity index (χ1) is 9.93. The Labute approximate surface area is 134 Å². The Morgan fingerprint density at radius 3 is 2.67 bits per heavy atom. The van der Waals surface area contributed by atoms with Crippen LogP contribution >= 0.6 is 11.6 Å². The molecule has 2 rings (SSSR count). The molecular formula is C18H29ClN2. The van der Waals surface area contributed by atoms with Crippen LogP contribution in [0.1, 0.15) is 45.6 Å². The summed E-state index contributed by atoms with van der Waals surface area (Å²) < 4.78 is 0. The van der Waals surface area contributed by atoms with Gasteiger partial charge in [-0.15, -0.1) is 0 Å². The quantitative estimate of drug-likeness (QED) is 0.869. The molecule has 1 fully saturated rings. The maximum absolute atomic E-state index is 6.40. The largest absolute Gasteiger partial charge is 0.371 e. The molecule has 1 aliphatic heterocycles. The van der Waals surface area contributed by atoms with Crippen molar-refractivity contribution in [3.05, 3.63) is 28.8 Å². The number of nitrogens with one attached hydrogen (secondary N) is 1. The molecule has 0 spiro atoms. The highest BCUT2D eigenvalue weighted by atomic mass is 35.5. The highest BCUT2D eigenvalue weighted by Crippen LogP contribution is 2.36. The normalized spacial score (nSPS) is 20.4. The van der Waals surface area contributed by atoms with Gasteiger partial charge in [0.1, 0.15) is 0 Å². The standard InChI is InChI=1S/C18H29ClN2/c1-18(2,3)14-7-6-11-21(12-10-14)17-9-5-8-16(19)15(17)13-20-4/h5,8-9,14,20H,6-7,10-13H2,1-4H3. The van der Waals surface area contributed by atoms with Crippen molar-refractivity contribution < 1.29 is 0 Å². The predicted octanol–water partition coefficient (Wildman–Crippen LogP) is 4.71. The molecule has 0 bridgehead atoms. The fraction of sp³-hybridized carbons (Fsp3) is 0.667. The Balaban J connectivity index is 2.18. The molecule has 21 heavy (non-hydrogen) atoms. The highest BCUT2D eigenvalue weighted by molar-refractivity contribution is 6.31. The summed E-state index contributed by atoms with van der Waals surface area (Å²) in [6.45, 7) is 10.2. The van der Waals surface area contributed by atoms with E-state index in [1.165, 1.54) is 30.5 Å². The van der Waals surface area contributed by atoms with E-state index in [9.17, 15) is 0 Å². The molecule has 1 aromatic rings.